The van der Waals surface area contributed by atoms with Gasteiger partial charge in [0, 0.05) is 5.25 Å². The van der Waals surface area contributed by atoms with E-state index >= 15 is 0 Å². The van der Waals surface area contributed by atoms with Gasteiger partial charge in [0.1, 0.15) is 0 Å². The molecule has 2 N–H and O–H groups in total. The van der Waals surface area contributed by atoms with Crippen LogP contribution < -0.4 is 5.73 Å². The molecule has 0 bridgehead atoms. The molecule has 0 heterocycles. The van der Waals surface area contributed by atoms with Crippen LogP contribution in [-0.2, 0) is 9.53 Å². The number of ether oxygens (including phenoxy) is 1. The van der Waals surface area contributed by atoms with Crippen LogP contribution in [0.1, 0.15) is 20.3 Å². The third-order valence-corrected chi connectivity index (χ3v) is 2.57. The van der Waals surface area contributed by atoms with Gasteiger partial charge in [0.2, 0.25) is 0 Å². The topological polar surface area (TPSA) is 52.3 Å². The highest BCUT2D eigenvalue weighted by molar-refractivity contribution is 8.00. The quantitative estimate of drug-likeness (QED) is 0.637. The molecule has 1 atom stereocenters. The second kappa shape index (κ2) is 7.43. The fraction of sp³-hybridized carbons (Fsp3) is 0.875. The predicted molar refractivity (Wildman–Crippen MR) is 52.2 cm³/mol. The van der Waals surface area contributed by atoms with Crippen molar-refractivity contribution in [2.24, 2.45) is 5.73 Å². The van der Waals surface area contributed by atoms with Crippen molar-refractivity contribution in [3.05, 3.63) is 0 Å². The molecule has 0 aliphatic carbocycles. The van der Waals surface area contributed by atoms with Gasteiger partial charge < -0.3 is 10.5 Å². The second-order valence-electron chi connectivity index (χ2n) is 2.50. The minimum atomic E-state index is -0.133. The van der Waals surface area contributed by atoms with Crippen LogP contribution in [0.3, 0.4) is 0 Å². The Morgan fingerprint density at radius 1 is 1.67 bits per heavy atom. The summed E-state index contributed by atoms with van der Waals surface area (Å²) < 4.78 is 4.78. The molecule has 0 aromatic carbocycles. The lowest BCUT2D eigenvalue weighted by atomic mass is 10.3. The van der Waals surface area contributed by atoms with Crippen LogP contribution in [0, 0.1) is 0 Å². The zero-order valence-electron chi connectivity index (χ0n) is 7.71. The van der Waals surface area contributed by atoms with E-state index < -0.39 is 0 Å². The third kappa shape index (κ3) is 6.49. The van der Waals surface area contributed by atoms with Gasteiger partial charge in [-0.3, -0.25) is 4.79 Å². The van der Waals surface area contributed by atoms with Gasteiger partial charge in [0.05, 0.1) is 12.4 Å². The highest BCUT2D eigenvalue weighted by Gasteiger charge is 2.06. The van der Waals surface area contributed by atoms with Crippen LogP contribution >= 0.6 is 11.8 Å². The summed E-state index contributed by atoms with van der Waals surface area (Å²) in [6.07, 6.45) is 0.948. The zero-order chi connectivity index (χ0) is 9.40. The molecule has 0 fully saturated rings. The van der Waals surface area contributed by atoms with Gasteiger partial charge in [-0.25, -0.2) is 0 Å². The van der Waals surface area contributed by atoms with Crippen LogP contribution in [0.15, 0.2) is 0 Å². The molecule has 0 aromatic heterocycles. The molecule has 4 heteroatoms. The van der Waals surface area contributed by atoms with Crippen LogP contribution in [-0.4, -0.2) is 30.1 Å². The van der Waals surface area contributed by atoms with Crippen molar-refractivity contribution >= 4 is 17.7 Å². The van der Waals surface area contributed by atoms with Crippen molar-refractivity contribution < 1.29 is 9.53 Å². The van der Waals surface area contributed by atoms with E-state index in [0.717, 1.165) is 6.42 Å². The SMILES string of the molecule is CCOC(=O)CSC(C)CCN. The average molecular weight is 191 g/mol. The van der Waals surface area contributed by atoms with Crippen molar-refractivity contribution in [3.8, 4) is 0 Å². The summed E-state index contributed by atoms with van der Waals surface area (Å²) in [5.74, 6) is 0.307. The summed E-state index contributed by atoms with van der Waals surface area (Å²) in [6, 6.07) is 0. The van der Waals surface area contributed by atoms with Gasteiger partial charge in [-0.05, 0) is 19.9 Å². The van der Waals surface area contributed by atoms with E-state index in [9.17, 15) is 4.79 Å². The van der Waals surface area contributed by atoms with Crippen molar-refractivity contribution in [1.29, 1.82) is 0 Å². The minimum Gasteiger partial charge on any atom is -0.465 e. The Kier molecular flexibility index (Phi) is 7.29. The highest BCUT2D eigenvalue weighted by atomic mass is 32.2. The molecule has 1 unspecified atom stereocenters. The lowest BCUT2D eigenvalue weighted by Gasteiger charge is -2.08. The number of rotatable bonds is 6. The first kappa shape index (κ1) is 11.8. The number of carbonyl (C=O) groups is 1. The summed E-state index contributed by atoms with van der Waals surface area (Å²) in [7, 11) is 0. The third-order valence-electron chi connectivity index (χ3n) is 1.36. The maximum atomic E-state index is 10.9. The van der Waals surface area contributed by atoms with E-state index in [2.05, 4.69) is 6.92 Å². The summed E-state index contributed by atoms with van der Waals surface area (Å²) in [5, 5.41) is 0.444. The van der Waals surface area contributed by atoms with Crippen molar-refractivity contribution in [3.63, 3.8) is 0 Å². The lowest BCUT2D eigenvalue weighted by molar-refractivity contribution is -0.139. The maximum Gasteiger partial charge on any atom is 0.315 e. The Morgan fingerprint density at radius 2 is 2.33 bits per heavy atom. The fourth-order valence-corrected chi connectivity index (χ4v) is 1.54. The Balaban J connectivity index is 3.33. The van der Waals surface area contributed by atoms with Crippen LogP contribution in [0.25, 0.3) is 0 Å². The van der Waals surface area contributed by atoms with Crippen LogP contribution in [0.5, 0.6) is 0 Å². The number of carbonyl (C=O) groups excluding carboxylic acids is 1. The lowest BCUT2D eigenvalue weighted by Crippen LogP contribution is -2.12. The van der Waals surface area contributed by atoms with Gasteiger partial charge in [-0.2, -0.15) is 0 Å². The molecular formula is C8H17NO2S. The van der Waals surface area contributed by atoms with E-state index in [4.69, 9.17) is 10.5 Å². The Morgan fingerprint density at radius 3 is 2.83 bits per heavy atom. The molecule has 0 radical (unpaired) electrons. The van der Waals surface area contributed by atoms with Crippen molar-refractivity contribution in [2.75, 3.05) is 18.9 Å². The standard InChI is InChI=1S/C8H17NO2S/c1-3-11-8(10)6-12-7(2)4-5-9/h7H,3-6,9H2,1-2H3. The average Bonchev–Trinajstić information content (AvgIpc) is 2.02. The number of hydrogen-bond acceptors (Lipinski definition) is 4. The first-order valence-corrected chi connectivity index (χ1v) is 5.22. The van der Waals surface area contributed by atoms with E-state index in [-0.39, 0.29) is 5.97 Å². The second-order valence-corrected chi connectivity index (χ2v) is 3.93. The van der Waals surface area contributed by atoms with Crippen molar-refractivity contribution in [1.82, 2.24) is 0 Å². The molecule has 0 rings (SSSR count). The maximum absolute atomic E-state index is 10.9. The predicted octanol–water partition coefficient (Wildman–Crippen LogP) is 1.02. The zero-order valence-corrected chi connectivity index (χ0v) is 8.52. The van der Waals surface area contributed by atoms with Crippen molar-refractivity contribution in [2.45, 2.75) is 25.5 Å². The van der Waals surface area contributed by atoms with E-state index in [1.54, 1.807) is 11.8 Å². The van der Waals surface area contributed by atoms with E-state index in [1.807, 2.05) is 6.92 Å². The largest absolute Gasteiger partial charge is 0.465 e. The summed E-state index contributed by atoms with van der Waals surface area (Å²) in [5.41, 5.74) is 5.36. The Hall–Kier alpha value is -0.220. The molecular weight excluding hydrogens is 174 g/mol. The van der Waals surface area contributed by atoms with E-state index in [0.29, 0.717) is 24.2 Å². The van der Waals surface area contributed by atoms with Gasteiger partial charge in [-0.1, -0.05) is 6.92 Å². The monoisotopic (exact) mass is 191 g/mol. The highest BCUT2D eigenvalue weighted by Crippen LogP contribution is 2.12. The van der Waals surface area contributed by atoms with Crippen LogP contribution in [0.4, 0.5) is 0 Å². The van der Waals surface area contributed by atoms with E-state index in [1.165, 1.54) is 0 Å². The van der Waals surface area contributed by atoms with Gasteiger partial charge in [-0.15, -0.1) is 11.8 Å². The van der Waals surface area contributed by atoms with Gasteiger partial charge >= 0.3 is 5.97 Å². The molecule has 0 aliphatic rings. The first-order chi connectivity index (χ1) is 5.70. The molecule has 0 aliphatic heterocycles. The molecule has 0 spiro atoms. The van der Waals surface area contributed by atoms with Crippen LogP contribution in [0.2, 0.25) is 0 Å². The molecule has 12 heavy (non-hydrogen) atoms. The molecule has 72 valence electrons. The number of nitrogens with two attached hydrogens (primary N) is 1. The Bertz CT molecular complexity index is 130. The normalized spacial score (nSPS) is 12.6. The van der Waals surface area contributed by atoms with Gasteiger partial charge in [0.15, 0.2) is 0 Å². The molecule has 0 saturated heterocycles. The Labute approximate surface area is 78.0 Å². The smallest absolute Gasteiger partial charge is 0.315 e. The summed E-state index contributed by atoms with van der Waals surface area (Å²) in [4.78, 5) is 10.9. The first-order valence-electron chi connectivity index (χ1n) is 4.18. The molecule has 0 saturated carbocycles. The number of thioether (sulfide) groups is 1. The summed E-state index contributed by atoms with van der Waals surface area (Å²) >= 11 is 1.59. The summed E-state index contributed by atoms with van der Waals surface area (Å²) in [6.45, 7) is 5.02. The molecule has 0 amide bonds. The molecule has 0 aromatic rings. The minimum absolute atomic E-state index is 0.133. The molecule has 3 nitrogen and oxygen atoms in total. The number of hydrogen-bond donors (Lipinski definition) is 1. The fourth-order valence-electron chi connectivity index (χ4n) is 0.731. The number of esters is 1. The van der Waals surface area contributed by atoms with Gasteiger partial charge in [0.25, 0.3) is 0 Å².